The number of para-hydroxylation sites is 1. The van der Waals surface area contributed by atoms with Crippen LogP contribution in [0.25, 0.3) is 0 Å². The number of phenolic OH excluding ortho intramolecular Hbond substituents is 1. The number of carbonyl (C=O) groups is 1. The molecule has 0 saturated heterocycles. The molecule has 0 aliphatic heterocycles. The van der Waals surface area contributed by atoms with Crippen LogP contribution in [-0.4, -0.2) is 22.5 Å². The van der Waals surface area contributed by atoms with Crippen molar-refractivity contribution in [3.63, 3.8) is 0 Å². The van der Waals surface area contributed by atoms with Crippen molar-refractivity contribution in [2.75, 3.05) is 6.54 Å². The van der Waals surface area contributed by atoms with E-state index in [0.29, 0.717) is 19.4 Å². The van der Waals surface area contributed by atoms with Crippen molar-refractivity contribution in [1.82, 2.24) is 10.3 Å². The maximum atomic E-state index is 13.3. The molecule has 0 radical (unpaired) electrons. The van der Waals surface area contributed by atoms with Gasteiger partial charge in [0.15, 0.2) is 0 Å². The van der Waals surface area contributed by atoms with Gasteiger partial charge < -0.3 is 10.4 Å². The van der Waals surface area contributed by atoms with Crippen LogP contribution in [0.5, 0.6) is 5.75 Å². The average molecular weight is 364 g/mol. The minimum atomic E-state index is -0.468. The van der Waals surface area contributed by atoms with Crippen LogP contribution in [0, 0.1) is 5.82 Å². The van der Waals surface area contributed by atoms with E-state index in [0.717, 1.165) is 16.8 Å². The number of hydrogen-bond donors (Lipinski definition) is 2. The number of pyridine rings is 1. The first-order chi connectivity index (χ1) is 13.1. The molecule has 3 rings (SSSR count). The number of benzene rings is 2. The Bertz CT molecular complexity index is 882. The highest BCUT2D eigenvalue weighted by Gasteiger charge is 2.21. The fraction of sp³-hybridized carbons (Fsp3) is 0.182. The van der Waals surface area contributed by atoms with Crippen LogP contribution < -0.4 is 5.32 Å². The zero-order valence-electron chi connectivity index (χ0n) is 14.8. The summed E-state index contributed by atoms with van der Waals surface area (Å²) in [6.45, 7) is 0.399. The van der Waals surface area contributed by atoms with E-state index in [1.165, 1.54) is 12.1 Å². The lowest BCUT2D eigenvalue weighted by atomic mass is 9.93. The fourth-order valence-corrected chi connectivity index (χ4v) is 2.95. The summed E-state index contributed by atoms with van der Waals surface area (Å²) in [7, 11) is 0. The molecule has 2 N–H and O–H groups in total. The largest absolute Gasteiger partial charge is 0.508 e. The van der Waals surface area contributed by atoms with Crippen molar-refractivity contribution >= 4 is 5.91 Å². The summed E-state index contributed by atoms with van der Waals surface area (Å²) in [6, 6.07) is 18.6. The Hall–Kier alpha value is -3.21. The Kier molecular flexibility index (Phi) is 6.15. The molecule has 0 spiro atoms. The van der Waals surface area contributed by atoms with Gasteiger partial charge in [0.1, 0.15) is 11.6 Å². The summed E-state index contributed by atoms with van der Waals surface area (Å²) < 4.78 is 13.3. The Balaban J connectivity index is 1.70. The topological polar surface area (TPSA) is 62.2 Å². The molecule has 0 aliphatic carbocycles. The fourth-order valence-electron chi connectivity index (χ4n) is 2.95. The van der Waals surface area contributed by atoms with E-state index >= 15 is 0 Å². The second-order valence-corrected chi connectivity index (χ2v) is 6.30. The van der Waals surface area contributed by atoms with Gasteiger partial charge in [0, 0.05) is 24.9 Å². The van der Waals surface area contributed by atoms with Gasteiger partial charge >= 0.3 is 0 Å². The lowest BCUT2D eigenvalue weighted by molar-refractivity contribution is -0.122. The quantitative estimate of drug-likeness (QED) is 0.673. The van der Waals surface area contributed by atoms with E-state index < -0.39 is 5.92 Å². The summed E-state index contributed by atoms with van der Waals surface area (Å²) in [6.07, 6.45) is 2.64. The summed E-state index contributed by atoms with van der Waals surface area (Å²) in [5.74, 6) is -0.738. The van der Waals surface area contributed by atoms with Gasteiger partial charge in [-0.05, 0) is 47.9 Å². The standard InChI is InChI=1S/C22H21FN2O2/c23-18-10-8-16(9-11-18)20(15-19-6-3-4-13-24-19)22(27)25-14-12-17-5-1-2-7-21(17)26/h1-11,13,20,26H,12,14-15H2,(H,25,27). The molecule has 1 atom stereocenters. The van der Waals surface area contributed by atoms with Crippen molar-refractivity contribution in [3.8, 4) is 5.75 Å². The van der Waals surface area contributed by atoms with Crippen LogP contribution in [0.3, 0.4) is 0 Å². The number of nitrogens with zero attached hydrogens (tertiary/aromatic N) is 1. The molecular weight excluding hydrogens is 343 g/mol. The molecule has 1 heterocycles. The highest BCUT2D eigenvalue weighted by Crippen LogP contribution is 2.21. The Morgan fingerprint density at radius 3 is 2.48 bits per heavy atom. The van der Waals surface area contributed by atoms with Gasteiger partial charge in [-0.1, -0.05) is 36.4 Å². The molecular formula is C22H21FN2O2. The van der Waals surface area contributed by atoms with Gasteiger partial charge in [0.25, 0.3) is 0 Å². The number of aromatic hydroxyl groups is 1. The molecule has 0 fully saturated rings. The van der Waals surface area contributed by atoms with E-state index in [4.69, 9.17) is 0 Å². The molecule has 0 saturated carbocycles. The van der Waals surface area contributed by atoms with Crippen LogP contribution in [0.15, 0.2) is 72.9 Å². The molecule has 5 heteroatoms. The van der Waals surface area contributed by atoms with Crippen molar-refractivity contribution in [3.05, 3.63) is 95.6 Å². The maximum absolute atomic E-state index is 13.3. The molecule has 3 aromatic rings. The molecule has 1 aromatic heterocycles. The first kappa shape index (κ1) is 18.6. The molecule has 1 amide bonds. The third kappa shape index (κ3) is 5.14. The minimum Gasteiger partial charge on any atom is -0.508 e. The van der Waals surface area contributed by atoms with Crippen LogP contribution in [0.1, 0.15) is 22.7 Å². The zero-order chi connectivity index (χ0) is 19.1. The van der Waals surface area contributed by atoms with Gasteiger partial charge in [0.05, 0.1) is 5.92 Å². The normalized spacial score (nSPS) is 11.7. The van der Waals surface area contributed by atoms with Gasteiger partial charge in [-0.15, -0.1) is 0 Å². The number of halogens is 1. The summed E-state index contributed by atoms with van der Waals surface area (Å²) in [4.78, 5) is 17.1. The first-order valence-corrected chi connectivity index (χ1v) is 8.83. The van der Waals surface area contributed by atoms with E-state index in [2.05, 4.69) is 10.3 Å². The number of rotatable bonds is 7. The summed E-state index contributed by atoms with van der Waals surface area (Å²) in [5.41, 5.74) is 2.31. The molecule has 0 bridgehead atoms. The monoisotopic (exact) mass is 364 g/mol. The zero-order valence-corrected chi connectivity index (χ0v) is 14.8. The van der Waals surface area contributed by atoms with E-state index in [1.54, 1.807) is 30.5 Å². The van der Waals surface area contributed by atoms with Gasteiger partial charge in [-0.25, -0.2) is 4.39 Å². The average Bonchev–Trinajstić information content (AvgIpc) is 2.69. The second kappa shape index (κ2) is 8.94. The number of amides is 1. The van der Waals surface area contributed by atoms with Crippen LogP contribution in [0.4, 0.5) is 4.39 Å². The highest BCUT2D eigenvalue weighted by molar-refractivity contribution is 5.83. The highest BCUT2D eigenvalue weighted by atomic mass is 19.1. The number of hydrogen-bond acceptors (Lipinski definition) is 3. The Morgan fingerprint density at radius 2 is 1.78 bits per heavy atom. The van der Waals surface area contributed by atoms with Crippen LogP contribution >= 0.6 is 0 Å². The van der Waals surface area contributed by atoms with Crippen molar-refractivity contribution < 1.29 is 14.3 Å². The molecule has 2 aromatic carbocycles. The summed E-state index contributed by atoms with van der Waals surface area (Å²) in [5, 5.41) is 12.7. The maximum Gasteiger partial charge on any atom is 0.227 e. The Morgan fingerprint density at radius 1 is 1.04 bits per heavy atom. The first-order valence-electron chi connectivity index (χ1n) is 8.83. The second-order valence-electron chi connectivity index (χ2n) is 6.30. The third-order valence-corrected chi connectivity index (χ3v) is 4.41. The van der Waals surface area contributed by atoms with E-state index in [1.807, 2.05) is 30.3 Å². The predicted molar refractivity (Wildman–Crippen MR) is 102 cm³/mol. The number of carbonyl (C=O) groups excluding carboxylic acids is 1. The molecule has 138 valence electrons. The third-order valence-electron chi connectivity index (χ3n) is 4.41. The lowest BCUT2D eigenvalue weighted by Crippen LogP contribution is -2.32. The van der Waals surface area contributed by atoms with Crippen LogP contribution in [-0.2, 0) is 17.6 Å². The number of nitrogens with one attached hydrogen (secondary N) is 1. The van der Waals surface area contributed by atoms with Gasteiger partial charge in [-0.2, -0.15) is 0 Å². The van der Waals surface area contributed by atoms with Crippen molar-refractivity contribution in [2.45, 2.75) is 18.8 Å². The smallest absolute Gasteiger partial charge is 0.227 e. The van der Waals surface area contributed by atoms with E-state index in [9.17, 15) is 14.3 Å². The minimum absolute atomic E-state index is 0.150. The molecule has 0 aliphatic rings. The van der Waals surface area contributed by atoms with Gasteiger partial charge in [-0.3, -0.25) is 9.78 Å². The van der Waals surface area contributed by atoms with Gasteiger partial charge in [0.2, 0.25) is 5.91 Å². The molecule has 4 nitrogen and oxygen atoms in total. The molecule has 27 heavy (non-hydrogen) atoms. The van der Waals surface area contributed by atoms with Crippen molar-refractivity contribution in [1.29, 1.82) is 0 Å². The summed E-state index contributed by atoms with van der Waals surface area (Å²) >= 11 is 0. The Labute approximate surface area is 157 Å². The predicted octanol–water partition coefficient (Wildman–Crippen LogP) is 3.61. The SMILES string of the molecule is O=C(NCCc1ccccc1O)C(Cc1ccccn1)c1ccc(F)cc1. The molecule has 1 unspecified atom stereocenters. The van der Waals surface area contributed by atoms with Crippen molar-refractivity contribution in [2.24, 2.45) is 0 Å². The number of phenols is 1. The number of aromatic nitrogens is 1. The van der Waals surface area contributed by atoms with E-state index in [-0.39, 0.29) is 17.5 Å². The van der Waals surface area contributed by atoms with Crippen LogP contribution in [0.2, 0.25) is 0 Å². The lowest BCUT2D eigenvalue weighted by Gasteiger charge is -2.17.